The molecule has 2 aromatic carbocycles. The maximum Gasteiger partial charge on any atom is 0.321 e. The molecule has 0 aliphatic heterocycles. The first kappa shape index (κ1) is 32.9. The van der Waals surface area contributed by atoms with Gasteiger partial charge in [-0.2, -0.15) is 4.57 Å². The van der Waals surface area contributed by atoms with Crippen LogP contribution in [-0.4, -0.2) is 19.7 Å². The van der Waals surface area contributed by atoms with E-state index in [2.05, 4.69) is 47.6 Å². The second-order valence-corrected chi connectivity index (χ2v) is 12.4. The van der Waals surface area contributed by atoms with Crippen LogP contribution in [0.3, 0.4) is 0 Å². The number of rotatable bonds is 19. The molecule has 0 unspecified atom stereocenters. The van der Waals surface area contributed by atoms with E-state index in [0.29, 0.717) is 23.9 Å². The van der Waals surface area contributed by atoms with Crippen LogP contribution in [0, 0.1) is 6.92 Å². The van der Waals surface area contributed by atoms with Crippen LogP contribution < -0.4 is 19.5 Å². The lowest BCUT2D eigenvalue weighted by molar-refractivity contribution is -0.683. The van der Waals surface area contributed by atoms with E-state index in [0.717, 1.165) is 29.8 Å². The Bertz CT molecular complexity index is 1180. The van der Waals surface area contributed by atoms with Crippen molar-refractivity contribution in [2.24, 2.45) is 0 Å². The molecular formula is C34H49ClN3O2S+. The van der Waals surface area contributed by atoms with Gasteiger partial charge in [-0.25, -0.2) is 4.79 Å². The molecule has 1 aromatic heterocycles. The number of unbranched alkanes of at least 4 members (excludes halogenated alkanes) is 11. The molecule has 1 heterocycles. The van der Waals surface area contributed by atoms with Crippen LogP contribution >= 0.6 is 22.9 Å². The van der Waals surface area contributed by atoms with Crippen molar-refractivity contribution in [1.82, 2.24) is 5.32 Å². The minimum absolute atomic E-state index is 0.157. The largest absolute Gasteiger partial charge is 0.492 e. The smallest absolute Gasteiger partial charge is 0.321 e. The van der Waals surface area contributed by atoms with Crippen molar-refractivity contribution < 1.29 is 14.1 Å². The number of nitrogens with zero attached hydrogens (tertiary/aromatic N) is 2. The number of thiazole rings is 1. The summed E-state index contributed by atoms with van der Waals surface area (Å²) in [5, 5.41) is 3.39. The Morgan fingerprint density at radius 1 is 0.927 bits per heavy atom. The van der Waals surface area contributed by atoms with Crippen LogP contribution in [0.15, 0.2) is 54.2 Å². The second kappa shape index (κ2) is 18.8. The fourth-order valence-corrected chi connectivity index (χ4v) is 5.85. The molecule has 0 aliphatic carbocycles. The van der Waals surface area contributed by atoms with Gasteiger partial charge >= 0.3 is 6.03 Å². The summed E-state index contributed by atoms with van der Waals surface area (Å²) in [5.74, 6) is 0.682. The van der Waals surface area contributed by atoms with Crippen molar-refractivity contribution in [1.29, 1.82) is 0 Å². The summed E-state index contributed by atoms with van der Waals surface area (Å²) in [7, 11) is 1.66. The lowest BCUT2D eigenvalue weighted by atomic mass is 10.1. The average Bonchev–Trinajstić information content (AvgIpc) is 3.39. The molecule has 7 heteroatoms. The van der Waals surface area contributed by atoms with Gasteiger partial charge in [0, 0.05) is 18.3 Å². The highest BCUT2D eigenvalue weighted by Crippen LogP contribution is 2.28. The van der Waals surface area contributed by atoms with Crippen molar-refractivity contribution >= 4 is 34.7 Å². The number of aryl methyl sites for hydroxylation is 1. The molecule has 0 aliphatic rings. The number of aromatic nitrogens is 1. The van der Waals surface area contributed by atoms with Crippen molar-refractivity contribution in [3.63, 3.8) is 0 Å². The zero-order chi connectivity index (χ0) is 29.3. The van der Waals surface area contributed by atoms with Crippen LogP contribution in [-0.2, 0) is 13.1 Å². The molecular weight excluding hydrogens is 550 g/mol. The fourth-order valence-electron chi connectivity index (χ4n) is 5.04. The summed E-state index contributed by atoms with van der Waals surface area (Å²) in [5.41, 5.74) is 5.08. The second-order valence-electron chi connectivity index (χ2n) is 10.9. The molecule has 1 N–H and O–H groups in total. The summed E-state index contributed by atoms with van der Waals surface area (Å²) in [4.78, 5) is 15.9. The highest BCUT2D eigenvalue weighted by atomic mass is 35.5. The van der Waals surface area contributed by atoms with Crippen LogP contribution in [0.4, 0.5) is 10.5 Å². The van der Waals surface area contributed by atoms with Crippen molar-refractivity contribution in [2.75, 3.05) is 18.6 Å². The number of hydrogen-bond acceptors (Lipinski definition) is 3. The molecule has 41 heavy (non-hydrogen) atoms. The number of ether oxygens (including phenoxy) is 1. The Labute approximate surface area is 256 Å². The first-order chi connectivity index (χ1) is 20.0. The van der Waals surface area contributed by atoms with Gasteiger partial charge in [0.1, 0.15) is 5.75 Å². The summed E-state index contributed by atoms with van der Waals surface area (Å²) >= 11 is 8.20. The third kappa shape index (κ3) is 12.1. The van der Waals surface area contributed by atoms with E-state index >= 15 is 0 Å². The number of halogens is 1. The highest BCUT2D eigenvalue weighted by Gasteiger charge is 2.17. The van der Waals surface area contributed by atoms with Gasteiger partial charge < -0.3 is 10.1 Å². The summed E-state index contributed by atoms with van der Waals surface area (Å²) in [6.07, 6.45) is 17.9. The summed E-state index contributed by atoms with van der Waals surface area (Å²) in [6.45, 7) is 6.21. The molecule has 224 valence electrons. The molecule has 2 amide bonds. The summed E-state index contributed by atoms with van der Waals surface area (Å²) < 4.78 is 8.25. The van der Waals surface area contributed by atoms with Crippen molar-refractivity contribution in [3.05, 3.63) is 75.2 Å². The number of urea groups is 1. The van der Waals surface area contributed by atoms with Gasteiger partial charge in [-0.05, 0) is 43.2 Å². The Balaban J connectivity index is 1.47. The molecule has 3 aromatic rings. The van der Waals surface area contributed by atoms with Gasteiger partial charge in [-0.1, -0.05) is 119 Å². The predicted molar refractivity (Wildman–Crippen MR) is 173 cm³/mol. The molecule has 0 radical (unpaired) electrons. The Morgan fingerprint density at radius 3 is 2.24 bits per heavy atom. The molecule has 0 fully saturated rings. The van der Waals surface area contributed by atoms with Crippen molar-refractivity contribution in [2.45, 2.75) is 104 Å². The number of anilines is 1. The van der Waals surface area contributed by atoms with Gasteiger partial charge in [-0.15, -0.1) is 0 Å². The normalized spacial score (nSPS) is 11.0. The number of carbonyl (C=O) groups is 1. The van der Waals surface area contributed by atoms with E-state index in [4.69, 9.17) is 16.3 Å². The fraction of sp³-hybridized carbons (Fsp3) is 0.529. The Morgan fingerprint density at radius 2 is 1.61 bits per heavy atom. The van der Waals surface area contributed by atoms with E-state index in [1.165, 1.54) is 75.5 Å². The van der Waals surface area contributed by atoms with Gasteiger partial charge in [0.25, 0.3) is 0 Å². The highest BCUT2D eigenvalue weighted by molar-refractivity contribution is 7.09. The summed E-state index contributed by atoms with van der Waals surface area (Å²) in [6, 6.07) is 13.8. The number of carbonyl (C=O) groups excluding carboxylic acids is 1. The first-order valence-electron chi connectivity index (χ1n) is 15.4. The van der Waals surface area contributed by atoms with E-state index < -0.39 is 0 Å². The number of amides is 2. The third-order valence-electron chi connectivity index (χ3n) is 7.36. The number of hydrogen-bond donors (Lipinski definition) is 1. The molecule has 5 nitrogen and oxygen atoms in total. The molecule has 0 spiro atoms. The van der Waals surface area contributed by atoms with Crippen LogP contribution in [0.1, 0.15) is 100.0 Å². The zero-order valence-electron chi connectivity index (χ0n) is 25.3. The van der Waals surface area contributed by atoms with Gasteiger partial charge in [-0.3, -0.25) is 4.90 Å². The lowest BCUT2D eigenvalue weighted by Crippen LogP contribution is -2.38. The third-order valence-corrected chi connectivity index (χ3v) is 8.53. The van der Waals surface area contributed by atoms with Crippen LogP contribution in [0.2, 0.25) is 5.02 Å². The van der Waals surface area contributed by atoms with E-state index in [1.54, 1.807) is 23.3 Å². The van der Waals surface area contributed by atoms with Crippen molar-refractivity contribution in [3.8, 4) is 5.75 Å². The standard InChI is InChI=1S/C34H48ClN3O2S/c1-4-5-6-7-8-9-10-11-12-13-14-15-21-40-33-23-30(19-20-32(33)35)26-38(34(39)36-3)31-18-16-17-29(22-31)25-37-24-28(2)41-27-37/h16-20,22-24,27H,4-15,21,25-26H2,1-3H3/p+1. The maximum atomic E-state index is 12.9. The monoisotopic (exact) mass is 598 g/mol. The van der Waals surface area contributed by atoms with Gasteiger partial charge in [0.15, 0.2) is 12.7 Å². The molecule has 0 bridgehead atoms. The van der Waals surface area contributed by atoms with E-state index in [9.17, 15) is 4.79 Å². The number of nitrogens with one attached hydrogen (secondary N) is 1. The minimum Gasteiger partial charge on any atom is -0.492 e. The van der Waals surface area contributed by atoms with E-state index in [1.807, 2.05) is 30.3 Å². The SMILES string of the molecule is CCCCCCCCCCCCCCOc1cc(CN(C(=O)NC)c2cccc(C[n+]3csc(C)c3)c2)ccc1Cl. The van der Waals surface area contributed by atoms with Gasteiger partial charge in [0.05, 0.1) is 23.1 Å². The Kier molecular flexibility index (Phi) is 15.1. The first-order valence-corrected chi connectivity index (χ1v) is 16.7. The predicted octanol–water partition coefficient (Wildman–Crippen LogP) is 9.47. The minimum atomic E-state index is -0.157. The topological polar surface area (TPSA) is 45.5 Å². The van der Waals surface area contributed by atoms with Crippen LogP contribution in [0.25, 0.3) is 0 Å². The van der Waals surface area contributed by atoms with Gasteiger partial charge in [0.2, 0.25) is 5.51 Å². The average molecular weight is 599 g/mol. The maximum absolute atomic E-state index is 12.9. The van der Waals surface area contributed by atoms with Crippen LogP contribution in [0.5, 0.6) is 5.75 Å². The zero-order valence-corrected chi connectivity index (χ0v) is 26.9. The van der Waals surface area contributed by atoms with E-state index in [-0.39, 0.29) is 6.03 Å². The molecule has 0 saturated heterocycles. The molecule has 0 atom stereocenters. The Hall–Kier alpha value is -2.57. The quantitative estimate of drug-likeness (QED) is 0.110. The molecule has 0 saturated carbocycles. The molecule has 3 rings (SSSR count). The lowest BCUT2D eigenvalue weighted by Gasteiger charge is -2.23. The number of benzene rings is 2.